The van der Waals surface area contributed by atoms with Gasteiger partial charge in [0.2, 0.25) is 5.95 Å². The average Bonchev–Trinajstić information content (AvgIpc) is 3.47. The Bertz CT molecular complexity index is 1800. The lowest BCUT2D eigenvalue weighted by Crippen LogP contribution is -2.54. The summed E-state index contributed by atoms with van der Waals surface area (Å²) in [4.78, 5) is 25.0. The molecule has 0 aliphatic carbocycles. The number of halogens is 1. The summed E-state index contributed by atoms with van der Waals surface area (Å²) in [5, 5.41) is 46.8. The van der Waals surface area contributed by atoms with E-state index in [-0.39, 0.29) is 48.1 Å². The molecule has 0 bridgehead atoms. The van der Waals surface area contributed by atoms with Gasteiger partial charge in [-0.15, -0.1) is 5.10 Å². The van der Waals surface area contributed by atoms with E-state index in [1.807, 2.05) is 42.2 Å². The third kappa shape index (κ3) is 6.20. The molecule has 15 heteroatoms. The number of nitrogens with one attached hydrogen (secondary N) is 1. The first-order chi connectivity index (χ1) is 21.7. The molecule has 2 atom stereocenters. The molecule has 0 radical (unpaired) electrons. The molecule has 1 aliphatic heterocycles. The Morgan fingerprint density at radius 2 is 2.00 bits per heavy atom. The number of aliphatic hydroxyl groups is 1. The van der Waals surface area contributed by atoms with Gasteiger partial charge in [0, 0.05) is 33.2 Å². The van der Waals surface area contributed by atoms with E-state index in [1.165, 1.54) is 29.9 Å². The van der Waals surface area contributed by atoms with Crippen LogP contribution in [-0.4, -0.2) is 86.7 Å². The lowest BCUT2D eigenvalue weighted by Gasteiger charge is -2.40. The number of hydrogen-bond acceptors (Lipinski definition) is 11. The number of benzene rings is 2. The van der Waals surface area contributed by atoms with Crippen molar-refractivity contribution in [1.29, 1.82) is 10.5 Å². The minimum Gasteiger partial charge on any atom is -0.497 e. The summed E-state index contributed by atoms with van der Waals surface area (Å²) in [7, 11) is 2.97. The van der Waals surface area contributed by atoms with Crippen LogP contribution >= 0.6 is 0 Å². The Morgan fingerprint density at radius 3 is 2.62 bits per heavy atom. The number of ether oxygens (including phenoxy) is 1. The van der Waals surface area contributed by atoms with Crippen LogP contribution in [0.1, 0.15) is 30.2 Å². The molecule has 0 saturated carbocycles. The van der Waals surface area contributed by atoms with Gasteiger partial charge >= 0.3 is 6.09 Å². The van der Waals surface area contributed by atoms with Crippen molar-refractivity contribution in [2.24, 2.45) is 0 Å². The van der Waals surface area contributed by atoms with Gasteiger partial charge in [0.05, 0.1) is 48.5 Å². The topological polar surface area (TPSA) is 179 Å². The SMILES string of the molecule is CCN(Cc1ccc(OC)cc1)c1nc(Nc2cc(C#N)cc(N3CC[C@@H](N(C)C(=O)O)[C@@H](O)C3)c2F)nn2c(C#N)cnc12. The Balaban J connectivity index is 1.50. The number of carbonyl (C=O) groups is 1. The molecule has 1 amide bonds. The molecule has 5 rings (SSSR count). The Hall–Kier alpha value is -5.67. The fraction of sp³-hybridized carbons (Fsp3) is 0.333. The molecule has 45 heavy (non-hydrogen) atoms. The van der Waals surface area contributed by atoms with Crippen LogP contribution in [0, 0.1) is 28.5 Å². The van der Waals surface area contributed by atoms with Crippen molar-refractivity contribution in [2.45, 2.75) is 32.0 Å². The van der Waals surface area contributed by atoms with Crippen molar-refractivity contribution in [3.05, 3.63) is 65.2 Å². The van der Waals surface area contributed by atoms with Gasteiger partial charge in [-0.2, -0.15) is 20.0 Å². The van der Waals surface area contributed by atoms with E-state index in [0.29, 0.717) is 24.6 Å². The van der Waals surface area contributed by atoms with Crippen LogP contribution < -0.4 is 19.9 Å². The number of amides is 1. The van der Waals surface area contributed by atoms with Gasteiger partial charge in [0.15, 0.2) is 23.0 Å². The number of imidazole rings is 1. The quantitative estimate of drug-likeness (QED) is 0.251. The minimum atomic E-state index is -1.17. The van der Waals surface area contributed by atoms with Crippen molar-refractivity contribution in [2.75, 3.05) is 48.9 Å². The molecule has 232 valence electrons. The third-order valence-corrected chi connectivity index (χ3v) is 7.79. The molecule has 2 aromatic heterocycles. The van der Waals surface area contributed by atoms with Crippen LogP contribution in [0.4, 0.5) is 32.3 Å². The first-order valence-electron chi connectivity index (χ1n) is 14.1. The second-order valence-electron chi connectivity index (χ2n) is 10.5. The zero-order valence-corrected chi connectivity index (χ0v) is 24.8. The van der Waals surface area contributed by atoms with Gasteiger partial charge in [0.1, 0.15) is 11.8 Å². The third-order valence-electron chi connectivity index (χ3n) is 7.79. The summed E-state index contributed by atoms with van der Waals surface area (Å²) in [5.74, 6) is 0.365. The molecule has 1 saturated heterocycles. The smallest absolute Gasteiger partial charge is 0.407 e. The number of methoxy groups -OCH3 is 1. The van der Waals surface area contributed by atoms with Crippen LogP contribution in [0.5, 0.6) is 5.75 Å². The molecule has 2 aromatic carbocycles. The molecule has 3 heterocycles. The number of aromatic nitrogens is 4. The highest BCUT2D eigenvalue weighted by Crippen LogP contribution is 2.33. The standard InChI is InChI=1S/C30H31FN10O4/c1-4-39(16-18-5-7-21(45-3)8-6-18)28-27-34-15-20(14-33)41(27)37-29(36-28)35-22-11-19(13-32)12-24(26(22)31)40-10-9-23(25(42)17-40)38(2)30(43)44/h5-8,11-12,15,23,25,42H,4,9-10,16-17H2,1-3H3,(H,35,37)(H,43,44)/t23-,25+/m1/s1. The molecule has 3 N–H and O–H groups in total. The molecule has 4 aromatic rings. The van der Waals surface area contributed by atoms with E-state index >= 15 is 4.39 Å². The Labute approximate surface area is 258 Å². The summed E-state index contributed by atoms with van der Waals surface area (Å²) in [6.07, 6.45) is -0.614. The highest BCUT2D eigenvalue weighted by Gasteiger charge is 2.34. The lowest BCUT2D eigenvalue weighted by molar-refractivity contribution is 0.0496. The van der Waals surface area contributed by atoms with Gasteiger partial charge in [-0.1, -0.05) is 12.1 Å². The monoisotopic (exact) mass is 614 g/mol. The van der Waals surface area contributed by atoms with Crippen molar-refractivity contribution >= 4 is 34.9 Å². The highest BCUT2D eigenvalue weighted by molar-refractivity contribution is 5.71. The first-order valence-corrected chi connectivity index (χ1v) is 14.1. The van der Waals surface area contributed by atoms with Crippen LogP contribution in [-0.2, 0) is 6.54 Å². The van der Waals surface area contributed by atoms with Crippen molar-refractivity contribution < 1.29 is 24.1 Å². The number of rotatable bonds is 9. The van der Waals surface area contributed by atoms with Crippen molar-refractivity contribution in [1.82, 2.24) is 24.5 Å². The van der Waals surface area contributed by atoms with E-state index in [1.54, 1.807) is 12.0 Å². The molecule has 1 aliphatic rings. The minimum absolute atomic E-state index is 0.0399. The van der Waals surface area contributed by atoms with Crippen molar-refractivity contribution in [3.63, 3.8) is 0 Å². The second kappa shape index (κ2) is 12.9. The second-order valence-corrected chi connectivity index (χ2v) is 10.5. The number of hydrogen-bond donors (Lipinski definition) is 3. The Morgan fingerprint density at radius 1 is 1.24 bits per heavy atom. The largest absolute Gasteiger partial charge is 0.497 e. The van der Waals surface area contributed by atoms with E-state index in [0.717, 1.165) is 16.2 Å². The van der Waals surface area contributed by atoms with Crippen LogP contribution in [0.3, 0.4) is 0 Å². The predicted molar refractivity (Wildman–Crippen MR) is 162 cm³/mol. The fourth-order valence-electron chi connectivity index (χ4n) is 5.34. The number of β-amino-alcohol motifs (C(OH)–C–C–N with tert-alkyl or cyclic N) is 1. The number of carboxylic acid groups (broad SMARTS) is 1. The first kappa shape index (κ1) is 30.8. The Kier molecular flexibility index (Phi) is 8.83. The number of likely N-dealkylation sites (N-methyl/N-ethyl adjacent to an activating group) is 1. The zero-order chi connectivity index (χ0) is 32.2. The van der Waals surface area contributed by atoms with Gasteiger partial charge < -0.3 is 35.0 Å². The summed E-state index contributed by atoms with van der Waals surface area (Å²) in [6, 6.07) is 13.7. The highest BCUT2D eigenvalue weighted by atomic mass is 19.1. The van der Waals surface area contributed by atoms with Crippen molar-refractivity contribution in [3.8, 4) is 17.9 Å². The molecule has 1 fully saturated rings. The summed E-state index contributed by atoms with van der Waals surface area (Å²) >= 11 is 0. The fourth-order valence-corrected chi connectivity index (χ4v) is 5.34. The maximum atomic E-state index is 16.1. The number of fused-ring (bicyclic) bond motifs is 1. The van der Waals surface area contributed by atoms with Crippen LogP contribution in [0.25, 0.3) is 5.65 Å². The molecular weight excluding hydrogens is 583 g/mol. The number of nitriles is 2. The van der Waals surface area contributed by atoms with E-state index in [4.69, 9.17) is 4.74 Å². The van der Waals surface area contributed by atoms with E-state index in [9.17, 15) is 25.5 Å². The summed E-state index contributed by atoms with van der Waals surface area (Å²) in [5.41, 5.74) is 1.56. The number of anilines is 4. The summed E-state index contributed by atoms with van der Waals surface area (Å²) in [6.45, 7) is 3.10. The van der Waals surface area contributed by atoms with Crippen LogP contribution in [0.2, 0.25) is 0 Å². The summed E-state index contributed by atoms with van der Waals surface area (Å²) < 4.78 is 22.7. The predicted octanol–water partition coefficient (Wildman–Crippen LogP) is 3.33. The number of nitrogens with zero attached hydrogens (tertiary/aromatic N) is 9. The van der Waals surface area contributed by atoms with Gasteiger partial charge in [-0.05, 0) is 43.2 Å². The molecule has 0 unspecified atom stereocenters. The molecule has 0 spiro atoms. The number of aliphatic hydroxyl groups excluding tert-OH is 1. The zero-order valence-electron chi connectivity index (χ0n) is 24.8. The maximum Gasteiger partial charge on any atom is 0.407 e. The van der Waals surface area contributed by atoms with Crippen LogP contribution in [0.15, 0.2) is 42.6 Å². The number of piperidine rings is 1. The van der Waals surface area contributed by atoms with E-state index < -0.39 is 24.1 Å². The van der Waals surface area contributed by atoms with E-state index in [2.05, 4.69) is 26.5 Å². The average molecular weight is 615 g/mol. The van der Waals surface area contributed by atoms with Gasteiger partial charge in [0.25, 0.3) is 0 Å². The van der Waals surface area contributed by atoms with Gasteiger partial charge in [-0.25, -0.2) is 14.2 Å². The molecule has 14 nitrogen and oxygen atoms in total. The molecular formula is C30H31FN10O4. The lowest BCUT2D eigenvalue weighted by atomic mass is 9.99. The normalized spacial score (nSPS) is 16.1. The van der Waals surface area contributed by atoms with Gasteiger partial charge in [-0.3, -0.25) is 0 Å². The maximum absolute atomic E-state index is 16.1.